The Morgan fingerprint density at radius 3 is 2.71 bits per heavy atom. The molecule has 2 aromatic carbocycles. The third-order valence-corrected chi connectivity index (χ3v) is 4.79. The van der Waals surface area contributed by atoms with Gasteiger partial charge in [-0.3, -0.25) is 0 Å². The Hall–Kier alpha value is -1.54. The van der Waals surface area contributed by atoms with E-state index in [1.165, 1.54) is 42.1 Å². The van der Waals surface area contributed by atoms with Crippen molar-refractivity contribution >= 4 is 16.5 Å². The van der Waals surface area contributed by atoms with Crippen molar-refractivity contribution in [3.63, 3.8) is 0 Å². The number of rotatable bonds is 4. The maximum Gasteiger partial charge on any atom is 0.0445 e. The number of hydrogen-bond acceptors (Lipinski definition) is 2. The van der Waals surface area contributed by atoms with Crippen LogP contribution in [0.2, 0.25) is 0 Å². The van der Waals surface area contributed by atoms with Gasteiger partial charge in [0, 0.05) is 30.2 Å². The zero-order chi connectivity index (χ0) is 14.7. The maximum atomic E-state index is 6.15. The molecule has 1 fully saturated rings. The van der Waals surface area contributed by atoms with Crippen molar-refractivity contribution in [2.45, 2.75) is 38.6 Å². The molecule has 3 rings (SSSR count). The fraction of sp³-hybridized carbons (Fsp3) is 0.474. The molecule has 2 aromatic rings. The Kier molecular flexibility index (Phi) is 4.45. The molecule has 0 radical (unpaired) electrons. The van der Waals surface area contributed by atoms with Gasteiger partial charge in [0.05, 0.1) is 0 Å². The predicted octanol–water partition coefficient (Wildman–Crippen LogP) is 4.18. The summed E-state index contributed by atoms with van der Waals surface area (Å²) in [4.78, 5) is 2.53. The van der Waals surface area contributed by atoms with Crippen molar-refractivity contribution in [1.29, 1.82) is 0 Å². The lowest BCUT2D eigenvalue weighted by molar-refractivity contribution is 0.324. The molecular formula is C19H26N2. The predicted molar refractivity (Wildman–Crippen MR) is 91.8 cm³/mol. The molecule has 21 heavy (non-hydrogen) atoms. The first-order chi connectivity index (χ1) is 10.3. The quantitative estimate of drug-likeness (QED) is 0.911. The summed E-state index contributed by atoms with van der Waals surface area (Å²) < 4.78 is 0. The summed E-state index contributed by atoms with van der Waals surface area (Å²) in [6, 6.07) is 15.7. The average Bonchev–Trinajstić information content (AvgIpc) is 2.52. The van der Waals surface area contributed by atoms with Gasteiger partial charge in [0.25, 0.3) is 0 Å². The van der Waals surface area contributed by atoms with Crippen molar-refractivity contribution < 1.29 is 0 Å². The first-order valence-corrected chi connectivity index (χ1v) is 8.26. The van der Waals surface area contributed by atoms with Crippen LogP contribution in [0.5, 0.6) is 0 Å². The number of anilines is 1. The zero-order valence-corrected chi connectivity index (χ0v) is 13.0. The lowest BCUT2D eigenvalue weighted by Crippen LogP contribution is -2.36. The molecule has 0 aliphatic heterocycles. The highest BCUT2D eigenvalue weighted by atomic mass is 15.1. The van der Waals surface area contributed by atoms with Gasteiger partial charge in [-0.05, 0) is 43.6 Å². The number of fused-ring (bicyclic) bond motifs is 1. The van der Waals surface area contributed by atoms with Gasteiger partial charge in [-0.15, -0.1) is 0 Å². The molecule has 1 aliphatic carbocycles. The largest absolute Gasteiger partial charge is 0.371 e. The summed E-state index contributed by atoms with van der Waals surface area (Å²) in [7, 11) is 0. The molecule has 2 atom stereocenters. The first kappa shape index (κ1) is 14.4. The lowest BCUT2D eigenvalue weighted by Gasteiger charge is -2.33. The van der Waals surface area contributed by atoms with Crippen molar-refractivity contribution in [2.75, 3.05) is 18.0 Å². The second kappa shape index (κ2) is 6.48. The summed E-state index contributed by atoms with van der Waals surface area (Å²) in [6.45, 7) is 4.45. The molecule has 112 valence electrons. The Bertz CT molecular complexity index is 588. The van der Waals surface area contributed by atoms with Crippen LogP contribution in [-0.4, -0.2) is 19.1 Å². The number of hydrogen-bond donors (Lipinski definition) is 1. The molecule has 2 heteroatoms. The topological polar surface area (TPSA) is 29.3 Å². The summed E-state index contributed by atoms with van der Waals surface area (Å²) in [6.07, 6.45) is 5.01. The highest BCUT2D eigenvalue weighted by molar-refractivity contribution is 5.94. The molecule has 2 N–H and O–H groups in total. The van der Waals surface area contributed by atoms with Crippen LogP contribution in [0.1, 0.15) is 32.6 Å². The summed E-state index contributed by atoms with van der Waals surface area (Å²) in [5, 5.41) is 2.69. The summed E-state index contributed by atoms with van der Waals surface area (Å²) in [5.41, 5.74) is 7.52. The van der Waals surface area contributed by atoms with E-state index in [4.69, 9.17) is 5.73 Å². The molecule has 2 nitrogen and oxygen atoms in total. The number of nitrogens with two attached hydrogens (primary N) is 1. The van der Waals surface area contributed by atoms with E-state index in [-0.39, 0.29) is 0 Å². The van der Waals surface area contributed by atoms with E-state index in [0.29, 0.717) is 6.04 Å². The molecule has 1 saturated carbocycles. The molecule has 0 aromatic heterocycles. The van der Waals surface area contributed by atoms with E-state index >= 15 is 0 Å². The van der Waals surface area contributed by atoms with Gasteiger partial charge < -0.3 is 10.6 Å². The normalized spacial score (nSPS) is 22.4. The zero-order valence-electron chi connectivity index (χ0n) is 13.0. The third-order valence-electron chi connectivity index (χ3n) is 4.79. The van der Waals surface area contributed by atoms with Crippen LogP contribution in [0.4, 0.5) is 5.69 Å². The van der Waals surface area contributed by atoms with E-state index < -0.39 is 0 Å². The highest BCUT2D eigenvalue weighted by Gasteiger charge is 2.21. The van der Waals surface area contributed by atoms with Gasteiger partial charge in [0.15, 0.2) is 0 Å². The Morgan fingerprint density at radius 2 is 1.90 bits per heavy atom. The Labute approximate surface area is 127 Å². The van der Waals surface area contributed by atoms with Gasteiger partial charge in [-0.25, -0.2) is 0 Å². The SMILES string of the molecule is CCN(CC1CCCC(N)C1)c1cccc2ccccc12. The molecule has 0 spiro atoms. The Morgan fingerprint density at radius 1 is 1.10 bits per heavy atom. The van der Waals surface area contributed by atoms with E-state index in [9.17, 15) is 0 Å². The standard InChI is InChI=1S/C19H26N2/c1-2-21(14-15-7-5-10-17(20)13-15)19-12-6-9-16-8-3-4-11-18(16)19/h3-4,6,8-9,11-12,15,17H,2,5,7,10,13-14,20H2,1H3. The average molecular weight is 282 g/mol. The molecular weight excluding hydrogens is 256 g/mol. The van der Waals surface area contributed by atoms with Crippen molar-refractivity contribution in [3.05, 3.63) is 42.5 Å². The molecule has 0 heterocycles. The third kappa shape index (κ3) is 3.21. The van der Waals surface area contributed by atoms with Crippen LogP contribution in [0.25, 0.3) is 10.8 Å². The molecule has 0 bridgehead atoms. The lowest BCUT2D eigenvalue weighted by atomic mass is 9.85. The Balaban J connectivity index is 1.84. The maximum absolute atomic E-state index is 6.15. The number of nitrogens with zero attached hydrogens (tertiary/aromatic N) is 1. The second-order valence-electron chi connectivity index (χ2n) is 6.33. The van der Waals surface area contributed by atoms with E-state index in [1.807, 2.05) is 0 Å². The number of benzene rings is 2. The van der Waals surface area contributed by atoms with Gasteiger partial charge in [0.1, 0.15) is 0 Å². The fourth-order valence-electron chi connectivity index (χ4n) is 3.69. The molecule has 2 unspecified atom stereocenters. The highest BCUT2D eigenvalue weighted by Crippen LogP contribution is 2.30. The van der Waals surface area contributed by atoms with Crippen molar-refractivity contribution in [1.82, 2.24) is 0 Å². The van der Waals surface area contributed by atoms with Crippen LogP contribution in [-0.2, 0) is 0 Å². The van der Waals surface area contributed by atoms with Crippen molar-refractivity contribution in [2.24, 2.45) is 11.7 Å². The van der Waals surface area contributed by atoms with Gasteiger partial charge in [-0.2, -0.15) is 0 Å². The smallest absolute Gasteiger partial charge is 0.0445 e. The van der Waals surface area contributed by atoms with Gasteiger partial charge >= 0.3 is 0 Å². The first-order valence-electron chi connectivity index (χ1n) is 8.26. The van der Waals surface area contributed by atoms with Crippen LogP contribution in [0.3, 0.4) is 0 Å². The van der Waals surface area contributed by atoms with E-state index in [2.05, 4.69) is 54.3 Å². The van der Waals surface area contributed by atoms with Crippen LogP contribution in [0, 0.1) is 5.92 Å². The molecule has 0 amide bonds. The summed E-state index contributed by atoms with van der Waals surface area (Å²) in [5.74, 6) is 0.743. The van der Waals surface area contributed by atoms with Crippen LogP contribution >= 0.6 is 0 Å². The second-order valence-corrected chi connectivity index (χ2v) is 6.33. The molecule has 1 aliphatic rings. The van der Waals surface area contributed by atoms with Crippen molar-refractivity contribution in [3.8, 4) is 0 Å². The molecule has 0 saturated heterocycles. The fourth-order valence-corrected chi connectivity index (χ4v) is 3.69. The van der Waals surface area contributed by atoms with E-state index in [0.717, 1.165) is 19.0 Å². The van der Waals surface area contributed by atoms with Gasteiger partial charge in [0.2, 0.25) is 0 Å². The minimum absolute atomic E-state index is 0.412. The van der Waals surface area contributed by atoms with Crippen LogP contribution in [0.15, 0.2) is 42.5 Å². The minimum Gasteiger partial charge on any atom is -0.371 e. The minimum atomic E-state index is 0.412. The van der Waals surface area contributed by atoms with Crippen LogP contribution < -0.4 is 10.6 Å². The summed E-state index contributed by atoms with van der Waals surface area (Å²) >= 11 is 0. The van der Waals surface area contributed by atoms with E-state index in [1.54, 1.807) is 0 Å². The monoisotopic (exact) mass is 282 g/mol. The van der Waals surface area contributed by atoms with Gasteiger partial charge in [-0.1, -0.05) is 42.8 Å².